The van der Waals surface area contributed by atoms with Crippen LogP contribution in [0.3, 0.4) is 0 Å². The first-order valence-corrected chi connectivity index (χ1v) is 8.64. The number of aromatic nitrogens is 2. The molecule has 0 aliphatic rings. The summed E-state index contributed by atoms with van der Waals surface area (Å²) >= 11 is 0. The summed E-state index contributed by atoms with van der Waals surface area (Å²) in [6.07, 6.45) is 0. The molecule has 1 amide bonds. The van der Waals surface area contributed by atoms with Crippen LogP contribution in [0.4, 0.5) is 17.3 Å². The second kappa shape index (κ2) is 8.30. The van der Waals surface area contributed by atoms with Gasteiger partial charge in [0.2, 0.25) is 5.95 Å². The van der Waals surface area contributed by atoms with Crippen LogP contribution in [0.1, 0.15) is 33.5 Å². The van der Waals surface area contributed by atoms with Gasteiger partial charge in [0.05, 0.1) is 7.11 Å². The highest BCUT2D eigenvalue weighted by atomic mass is 16.5. The van der Waals surface area contributed by atoms with Crippen molar-refractivity contribution >= 4 is 29.0 Å². The second-order valence-corrected chi connectivity index (χ2v) is 6.16. The minimum Gasteiger partial charge on any atom is -0.497 e. The molecule has 1 aromatic heterocycles. The van der Waals surface area contributed by atoms with Crippen LogP contribution in [0, 0.1) is 6.92 Å². The molecular weight excluding hydrogens is 356 g/mol. The molecule has 0 saturated heterocycles. The minimum atomic E-state index is -0.362. The van der Waals surface area contributed by atoms with Gasteiger partial charge in [0, 0.05) is 22.6 Å². The smallest absolute Gasteiger partial charge is 0.274 e. The maximum Gasteiger partial charge on any atom is 0.274 e. The van der Waals surface area contributed by atoms with Crippen molar-refractivity contribution in [2.24, 2.45) is 0 Å². The SMILES string of the molecule is COc1ccc(Nc2nc(C)cc(C(=O)Nc3ccc(C(C)=O)cc3)n2)cc1. The first kappa shape index (κ1) is 19.0. The Bertz CT molecular complexity index is 999. The monoisotopic (exact) mass is 376 g/mol. The molecule has 0 atom stereocenters. The van der Waals surface area contributed by atoms with E-state index in [9.17, 15) is 9.59 Å². The van der Waals surface area contributed by atoms with E-state index in [2.05, 4.69) is 20.6 Å². The number of nitrogens with one attached hydrogen (secondary N) is 2. The molecule has 7 nitrogen and oxygen atoms in total. The fourth-order valence-electron chi connectivity index (χ4n) is 2.53. The van der Waals surface area contributed by atoms with E-state index >= 15 is 0 Å². The van der Waals surface area contributed by atoms with Gasteiger partial charge in [-0.25, -0.2) is 9.97 Å². The Hall–Kier alpha value is -3.74. The summed E-state index contributed by atoms with van der Waals surface area (Å²) < 4.78 is 5.14. The molecule has 0 bridgehead atoms. The summed E-state index contributed by atoms with van der Waals surface area (Å²) in [4.78, 5) is 32.5. The Balaban J connectivity index is 1.75. The van der Waals surface area contributed by atoms with Crippen molar-refractivity contribution in [1.29, 1.82) is 0 Å². The number of aryl methyl sites for hydroxylation is 1. The number of methoxy groups -OCH3 is 1. The summed E-state index contributed by atoms with van der Waals surface area (Å²) in [6, 6.07) is 15.6. The third kappa shape index (κ3) is 4.70. The fourth-order valence-corrected chi connectivity index (χ4v) is 2.53. The zero-order valence-electron chi connectivity index (χ0n) is 15.8. The van der Waals surface area contributed by atoms with E-state index in [1.54, 1.807) is 44.4 Å². The van der Waals surface area contributed by atoms with Crippen LogP contribution >= 0.6 is 0 Å². The molecule has 2 aromatic carbocycles. The van der Waals surface area contributed by atoms with E-state index in [1.165, 1.54) is 6.92 Å². The van der Waals surface area contributed by atoms with Crippen LogP contribution in [0.5, 0.6) is 5.75 Å². The number of Topliss-reactive ketones (excluding diaryl/α,β-unsaturated/α-hetero) is 1. The molecule has 142 valence electrons. The number of amides is 1. The maximum absolute atomic E-state index is 12.6. The largest absolute Gasteiger partial charge is 0.497 e. The van der Waals surface area contributed by atoms with E-state index < -0.39 is 0 Å². The van der Waals surface area contributed by atoms with Gasteiger partial charge in [0.1, 0.15) is 11.4 Å². The van der Waals surface area contributed by atoms with Gasteiger partial charge in [0.25, 0.3) is 5.91 Å². The van der Waals surface area contributed by atoms with Crippen molar-refractivity contribution in [3.05, 3.63) is 71.5 Å². The van der Waals surface area contributed by atoms with Crippen molar-refractivity contribution in [3.8, 4) is 5.75 Å². The molecule has 3 aromatic rings. The lowest BCUT2D eigenvalue weighted by atomic mass is 10.1. The number of hydrogen-bond donors (Lipinski definition) is 2. The summed E-state index contributed by atoms with van der Waals surface area (Å²) in [5, 5.41) is 5.85. The number of carbonyl (C=O) groups excluding carboxylic acids is 2. The molecule has 28 heavy (non-hydrogen) atoms. The molecule has 0 radical (unpaired) electrons. The third-order valence-electron chi connectivity index (χ3n) is 3.98. The van der Waals surface area contributed by atoms with Crippen molar-refractivity contribution in [1.82, 2.24) is 9.97 Å². The average Bonchev–Trinajstić information content (AvgIpc) is 2.68. The summed E-state index contributed by atoms with van der Waals surface area (Å²) in [6.45, 7) is 3.29. The van der Waals surface area contributed by atoms with Gasteiger partial charge < -0.3 is 15.4 Å². The van der Waals surface area contributed by atoms with Crippen LogP contribution in [-0.2, 0) is 0 Å². The summed E-state index contributed by atoms with van der Waals surface area (Å²) in [5.74, 6) is 0.672. The second-order valence-electron chi connectivity index (χ2n) is 6.16. The van der Waals surface area contributed by atoms with E-state index in [4.69, 9.17) is 4.74 Å². The molecule has 1 heterocycles. The maximum atomic E-state index is 12.6. The molecule has 7 heteroatoms. The van der Waals surface area contributed by atoms with Crippen LogP contribution in [0.15, 0.2) is 54.6 Å². The number of ether oxygens (including phenoxy) is 1. The standard InChI is InChI=1S/C21H20N4O3/c1-13-12-19(20(27)23-16-6-4-15(5-7-16)14(2)26)25-21(22-13)24-17-8-10-18(28-3)11-9-17/h4-12H,1-3H3,(H,23,27)(H,22,24,25). The number of benzene rings is 2. The van der Waals surface area contributed by atoms with Crippen LogP contribution in [-0.4, -0.2) is 28.8 Å². The number of anilines is 3. The fraction of sp³-hybridized carbons (Fsp3) is 0.143. The van der Waals surface area contributed by atoms with Gasteiger partial charge >= 0.3 is 0 Å². The minimum absolute atomic E-state index is 0.0291. The van der Waals surface area contributed by atoms with Gasteiger partial charge in [-0.05, 0) is 68.4 Å². The van der Waals surface area contributed by atoms with E-state index in [0.717, 1.165) is 11.4 Å². The number of carbonyl (C=O) groups is 2. The Morgan fingerprint density at radius 2 is 1.57 bits per heavy atom. The highest BCUT2D eigenvalue weighted by Gasteiger charge is 2.12. The molecule has 0 saturated carbocycles. The molecule has 3 rings (SSSR count). The quantitative estimate of drug-likeness (QED) is 0.632. The van der Waals surface area contributed by atoms with Crippen molar-refractivity contribution in [2.75, 3.05) is 17.7 Å². The van der Waals surface area contributed by atoms with Gasteiger partial charge in [-0.1, -0.05) is 0 Å². The lowest BCUT2D eigenvalue weighted by molar-refractivity contribution is 0.101. The average molecular weight is 376 g/mol. The molecule has 0 fully saturated rings. The molecule has 0 spiro atoms. The van der Waals surface area contributed by atoms with Gasteiger partial charge in [-0.15, -0.1) is 0 Å². The van der Waals surface area contributed by atoms with E-state index in [-0.39, 0.29) is 17.4 Å². The topological polar surface area (TPSA) is 93.2 Å². The molecule has 0 aliphatic carbocycles. The Kier molecular flexibility index (Phi) is 5.64. The van der Waals surface area contributed by atoms with Crippen molar-refractivity contribution in [3.63, 3.8) is 0 Å². The molecular formula is C21H20N4O3. The van der Waals surface area contributed by atoms with Gasteiger partial charge in [0.15, 0.2) is 5.78 Å². The highest BCUT2D eigenvalue weighted by Crippen LogP contribution is 2.19. The predicted octanol–water partition coefficient (Wildman–Crippen LogP) is 3.99. The number of hydrogen-bond acceptors (Lipinski definition) is 6. The first-order chi connectivity index (χ1) is 13.4. The predicted molar refractivity (Wildman–Crippen MR) is 107 cm³/mol. The van der Waals surface area contributed by atoms with Gasteiger partial charge in [-0.2, -0.15) is 0 Å². The van der Waals surface area contributed by atoms with Crippen molar-refractivity contribution < 1.29 is 14.3 Å². The Morgan fingerprint density at radius 3 is 2.18 bits per heavy atom. The molecule has 2 N–H and O–H groups in total. The molecule has 0 aliphatic heterocycles. The Labute approximate surface area is 162 Å². The molecule has 0 unspecified atom stereocenters. The first-order valence-electron chi connectivity index (χ1n) is 8.64. The van der Waals surface area contributed by atoms with Crippen LogP contribution in [0.2, 0.25) is 0 Å². The van der Waals surface area contributed by atoms with Crippen molar-refractivity contribution in [2.45, 2.75) is 13.8 Å². The van der Waals surface area contributed by atoms with E-state index in [1.807, 2.05) is 24.3 Å². The third-order valence-corrected chi connectivity index (χ3v) is 3.98. The lowest BCUT2D eigenvalue weighted by Crippen LogP contribution is -2.15. The van der Waals surface area contributed by atoms with Crippen LogP contribution in [0.25, 0.3) is 0 Å². The number of rotatable bonds is 6. The lowest BCUT2D eigenvalue weighted by Gasteiger charge is -2.09. The Morgan fingerprint density at radius 1 is 0.929 bits per heavy atom. The zero-order chi connectivity index (χ0) is 20.1. The summed E-state index contributed by atoms with van der Waals surface area (Å²) in [5.41, 5.74) is 2.83. The number of nitrogens with zero attached hydrogens (tertiary/aromatic N) is 2. The van der Waals surface area contributed by atoms with E-state index in [0.29, 0.717) is 22.9 Å². The van der Waals surface area contributed by atoms with Crippen LogP contribution < -0.4 is 15.4 Å². The number of ketones is 1. The normalized spacial score (nSPS) is 10.2. The highest BCUT2D eigenvalue weighted by molar-refractivity contribution is 6.03. The zero-order valence-corrected chi connectivity index (χ0v) is 15.8. The summed E-state index contributed by atoms with van der Waals surface area (Å²) in [7, 11) is 1.60. The van der Waals surface area contributed by atoms with Gasteiger partial charge in [-0.3, -0.25) is 9.59 Å².